The third-order valence-electron chi connectivity index (χ3n) is 4.53. The maximum absolute atomic E-state index is 12.8. The molecule has 0 spiro atoms. The quantitative estimate of drug-likeness (QED) is 0.474. The topological polar surface area (TPSA) is 47.3 Å². The van der Waals surface area contributed by atoms with Crippen molar-refractivity contribution in [2.24, 2.45) is 0 Å². The summed E-state index contributed by atoms with van der Waals surface area (Å²) in [6.07, 6.45) is 5.68. The van der Waals surface area contributed by atoms with Crippen molar-refractivity contribution >= 4 is 45.3 Å². The van der Waals surface area contributed by atoms with E-state index in [-0.39, 0.29) is 5.56 Å². The summed E-state index contributed by atoms with van der Waals surface area (Å²) in [7, 11) is 0. The van der Waals surface area contributed by atoms with Crippen LogP contribution in [0, 0.1) is 0 Å². The standard InChI is InChI=1S/C23H15N3OS/c27-22-20(15-18-11-6-10-17-9-4-5-12-19(17)18)28-23-24-21(25-26(22)23)14-13-16-7-2-1-3-8-16/h1-15H. The van der Waals surface area contributed by atoms with Gasteiger partial charge in [-0.15, -0.1) is 5.10 Å². The normalized spacial score (nSPS) is 12.5. The van der Waals surface area contributed by atoms with E-state index in [4.69, 9.17) is 0 Å². The maximum Gasteiger partial charge on any atom is 0.291 e. The molecule has 134 valence electrons. The van der Waals surface area contributed by atoms with Crippen molar-refractivity contribution in [1.29, 1.82) is 0 Å². The minimum atomic E-state index is -0.139. The second-order valence-corrected chi connectivity index (χ2v) is 7.40. The van der Waals surface area contributed by atoms with Crippen molar-refractivity contribution in [1.82, 2.24) is 14.6 Å². The van der Waals surface area contributed by atoms with Gasteiger partial charge in [0.1, 0.15) is 0 Å². The molecular weight excluding hydrogens is 366 g/mol. The van der Waals surface area contributed by atoms with Crippen molar-refractivity contribution < 1.29 is 0 Å². The van der Waals surface area contributed by atoms with Gasteiger partial charge in [0.05, 0.1) is 4.53 Å². The first kappa shape index (κ1) is 16.6. The second-order valence-electron chi connectivity index (χ2n) is 6.39. The van der Waals surface area contributed by atoms with E-state index in [2.05, 4.69) is 28.3 Å². The van der Waals surface area contributed by atoms with Crippen molar-refractivity contribution in [3.8, 4) is 0 Å². The van der Waals surface area contributed by atoms with Gasteiger partial charge in [-0.05, 0) is 34.1 Å². The molecule has 0 saturated heterocycles. The highest BCUT2D eigenvalue weighted by molar-refractivity contribution is 7.15. The zero-order valence-corrected chi connectivity index (χ0v) is 15.6. The average molecular weight is 381 g/mol. The Bertz CT molecular complexity index is 1430. The van der Waals surface area contributed by atoms with Crippen molar-refractivity contribution in [2.75, 3.05) is 0 Å². The van der Waals surface area contributed by atoms with E-state index in [1.165, 1.54) is 15.9 Å². The average Bonchev–Trinajstić information content (AvgIpc) is 3.26. The molecule has 0 N–H and O–H groups in total. The molecule has 0 bridgehead atoms. The molecule has 0 saturated carbocycles. The molecule has 2 heterocycles. The van der Waals surface area contributed by atoms with Gasteiger partial charge in [0.15, 0.2) is 5.82 Å². The van der Waals surface area contributed by atoms with Gasteiger partial charge < -0.3 is 0 Å². The molecule has 3 aromatic carbocycles. The summed E-state index contributed by atoms with van der Waals surface area (Å²) in [5.41, 5.74) is 1.94. The molecule has 0 aliphatic carbocycles. The molecule has 0 radical (unpaired) electrons. The van der Waals surface area contributed by atoms with E-state index >= 15 is 0 Å². The lowest BCUT2D eigenvalue weighted by Gasteiger charge is -2.00. The zero-order valence-electron chi connectivity index (χ0n) is 14.8. The van der Waals surface area contributed by atoms with Crippen LogP contribution in [-0.2, 0) is 0 Å². The Morgan fingerprint density at radius 1 is 0.857 bits per heavy atom. The smallest absolute Gasteiger partial charge is 0.266 e. The van der Waals surface area contributed by atoms with E-state index in [9.17, 15) is 4.79 Å². The first-order valence-corrected chi connectivity index (χ1v) is 9.72. The third-order valence-corrected chi connectivity index (χ3v) is 5.49. The molecule has 28 heavy (non-hydrogen) atoms. The van der Waals surface area contributed by atoms with Crippen LogP contribution in [0.15, 0.2) is 77.6 Å². The Labute approximate surface area is 164 Å². The van der Waals surface area contributed by atoms with Crippen LogP contribution in [0.3, 0.4) is 0 Å². The van der Waals surface area contributed by atoms with Gasteiger partial charge in [-0.2, -0.15) is 9.50 Å². The molecule has 0 aliphatic heterocycles. The van der Waals surface area contributed by atoms with E-state index in [1.54, 1.807) is 0 Å². The molecule has 0 unspecified atom stereocenters. The molecule has 5 rings (SSSR count). The molecular formula is C23H15N3OS. The molecule has 2 aromatic heterocycles. The fourth-order valence-corrected chi connectivity index (χ4v) is 4.08. The van der Waals surface area contributed by atoms with Crippen LogP contribution in [-0.4, -0.2) is 14.6 Å². The summed E-state index contributed by atoms with van der Waals surface area (Å²) in [6.45, 7) is 0. The van der Waals surface area contributed by atoms with Crippen molar-refractivity contribution in [3.63, 3.8) is 0 Å². The summed E-state index contributed by atoms with van der Waals surface area (Å²) < 4.78 is 2.01. The fourth-order valence-electron chi connectivity index (χ4n) is 3.17. The van der Waals surface area contributed by atoms with Gasteiger partial charge in [-0.25, -0.2) is 0 Å². The second kappa shape index (κ2) is 6.87. The molecule has 4 nitrogen and oxygen atoms in total. The number of fused-ring (bicyclic) bond motifs is 2. The fraction of sp³-hybridized carbons (Fsp3) is 0. The van der Waals surface area contributed by atoms with Crippen LogP contribution in [0.2, 0.25) is 0 Å². The Kier molecular flexibility index (Phi) is 4.07. The van der Waals surface area contributed by atoms with Crippen LogP contribution < -0.4 is 10.1 Å². The van der Waals surface area contributed by atoms with E-state index in [0.29, 0.717) is 15.3 Å². The number of hydrogen-bond acceptors (Lipinski definition) is 4. The summed E-state index contributed by atoms with van der Waals surface area (Å²) >= 11 is 1.36. The molecule has 5 heteroatoms. The number of rotatable bonds is 3. The number of aromatic nitrogens is 3. The van der Waals surface area contributed by atoms with Gasteiger partial charge in [0.2, 0.25) is 4.96 Å². The van der Waals surface area contributed by atoms with E-state index in [1.807, 2.05) is 72.8 Å². The van der Waals surface area contributed by atoms with Crippen LogP contribution >= 0.6 is 11.3 Å². The zero-order chi connectivity index (χ0) is 18.9. The first-order chi connectivity index (χ1) is 13.8. The van der Waals surface area contributed by atoms with E-state index in [0.717, 1.165) is 21.9 Å². The summed E-state index contributed by atoms with van der Waals surface area (Å²) in [4.78, 5) is 17.8. The number of nitrogens with zero attached hydrogens (tertiary/aromatic N) is 3. The molecule has 0 aliphatic rings. The van der Waals surface area contributed by atoms with Crippen LogP contribution in [0.4, 0.5) is 0 Å². The first-order valence-electron chi connectivity index (χ1n) is 8.90. The largest absolute Gasteiger partial charge is 0.291 e. The van der Waals surface area contributed by atoms with Gasteiger partial charge in [-0.3, -0.25) is 4.79 Å². The molecule has 0 amide bonds. The minimum absolute atomic E-state index is 0.139. The highest BCUT2D eigenvalue weighted by Crippen LogP contribution is 2.19. The predicted octanol–water partition coefficient (Wildman–Crippen LogP) is 4.02. The third kappa shape index (κ3) is 3.02. The summed E-state index contributed by atoms with van der Waals surface area (Å²) in [5.74, 6) is 0.531. The monoisotopic (exact) mass is 381 g/mol. The van der Waals surface area contributed by atoms with Crippen molar-refractivity contribution in [2.45, 2.75) is 0 Å². The molecule has 5 aromatic rings. The highest BCUT2D eigenvalue weighted by atomic mass is 32.1. The number of benzene rings is 3. The predicted molar refractivity (Wildman–Crippen MR) is 115 cm³/mol. The SMILES string of the molecule is O=c1c(=Cc2cccc3ccccc23)sc2nc(C=Cc3ccccc3)nn12. The lowest BCUT2D eigenvalue weighted by molar-refractivity contribution is 0.925. The maximum atomic E-state index is 12.8. The Hall–Kier alpha value is -3.57. The van der Waals surface area contributed by atoms with Gasteiger partial charge in [0, 0.05) is 0 Å². The number of thiazole rings is 1. The minimum Gasteiger partial charge on any atom is -0.266 e. The van der Waals surface area contributed by atoms with E-state index < -0.39 is 0 Å². The Morgan fingerprint density at radius 3 is 2.50 bits per heavy atom. The van der Waals surface area contributed by atoms with Gasteiger partial charge in [0.25, 0.3) is 5.56 Å². The lowest BCUT2D eigenvalue weighted by Crippen LogP contribution is -2.23. The summed E-state index contributed by atoms with van der Waals surface area (Å²) in [5, 5.41) is 6.62. The number of hydrogen-bond donors (Lipinski definition) is 0. The van der Waals surface area contributed by atoms with Crippen LogP contribution in [0.1, 0.15) is 17.0 Å². The van der Waals surface area contributed by atoms with Crippen molar-refractivity contribution in [3.05, 3.63) is 105 Å². The van der Waals surface area contributed by atoms with Gasteiger partial charge >= 0.3 is 0 Å². The van der Waals surface area contributed by atoms with Crippen LogP contribution in [0.25, 0.3) is 34.0 Å². The highest BCUT2D eigenvalue weighted by Gasteiger charge is 2.09. The van der Waals surface area contributed by atoms with Crippen LogP contribution in [0.5, 0.6) is 0 Å². The summed E-state index contributed by atoms with van der Waals surface area (Å²) in [6, 6.07) is 24.2. The Balaban J connectivity index is 1.56. The molecule has 0 atom stereocenters. The molecule has 0 fully saturated rings. The Morgan fingerprint density at radius 2 is 1.64 bits per heavy atom. The lowest BCUT2D eigenvalue weighted by atomic mass is 10.0. The van der Waals surface area contributed by atoms with Gasteiger partial charge in [-0.1, -0.05) is 90.2 Å².